The summed E-state index contributed by atoms with van der Waals surface area (Å²) >= 11 is 0. The molecule has 0 aliphatic carbocycles. The molecule has 2 N–H and O–H groups in total. The summed E-state index contributed by atoms with van der Waals surface area (Å²) in [7, 11) is -1.24. The van der Waals surface area contributed by atoms with E-state index in [-0.39, 0.29) is 12.2 Å². The van der Waals surface area contributed by atoms with Crippen LogP contribution in [0.15, 0.2) is 72.3 Å². The lowest BCUT2D eigenvalue weighted by Gasteiger charge is -2.20. The summed E-state index contributed by atoms with van der Waals surface area (Å²) in [5.41, 5.74) is 4.44. The average molecular weight is 626 g/mol. The molecule has 0 aliphatic heterocycles. The molecular weight excluding hydrogens is 586 g/mol. The molecular formula is C32H39N9O3Si. The smallest absolute Gasteiger partial charge is 0.282 e. The molecule has 0 fully saturated rings. The van der Waals surface area contributed by atoms with E-state index in [0.717, 1.165) is 33.8 Å². The van der Waals surface area contributed by atoms with E-state index in [9.17, 15) is 9.90 Å². The van der Waals surface area contributed by atoms with Crippen LogP contribution < -0.4 is 10.9 Å². The van der Waals surface area contributed by atoms with Crippen molar-refractivity contribution < 1.29 is 9.84 Å². The van der Waals surface area contributed by atoms with Crippen LogP contribution >= 0.6 is 0 Å². The summed E-state index contributed by atoms with van der Waals surface area (Å²) in [5.74, 6) is 1.13. The molecule has 6 aromatic rings. The molecule has 0 saturated heterocycles. The first kappa shape index (κ1) is 30.4. The molecule has 0 radical (unpaired) electrons. The highest BCUT2D eigenvalue weighted by Crippen LogP contribution is 2.35. The fourth-order valence-electron chi connectivity index (χ4n) is 5.43. The van der Waals surface area contributed by atoms with Crippen LogP contribution in [0.5, 0.6) is 0 Å². The fraction of sp³-hybridized carbons (Fsp3) is 0.344. The van der Waals surface area contributed by atoms with Crippen molar-refractivity contribution >= 4 is 30.4 Å². The van der Waals surface area contributed by atoms with Crippen LogP contribution in [-0.4, -0.2) is 64.9 Å². The lowest BCUT2D eigenvalue weighted by Crippen LogP contribution is -2.29. The van der Waals surface area contributed by atoms with Crippen LogP contribution in [0.4, 0.5) is 5.82 Å². The number of aliphatic hydroxyl groups is 1. The Hall–Kier alpha value is -4.59. The number of anilines is 1. The summed E-state index contributed by atoms with van der Waals surface area (Å²) in [6.07, 6.45) is 9.03. The highest BCUT2D eigenvalue weighted by atomic mass is 28.3. The van der Waals surface area contributed by atoms with Gasteiger partial charge in [0.05, 0.1) is 36.5 Å². The zero-order chi connectivity index (χ0) is 31.7. The maximum Gasteiger partial charge on any atom is 0.282 e. The van der Waals surface area contributed by atoms with Gasteiger partial charge in [-0.1, -0.05) is 37.8 Å². The third-order valence-corrected chi connectivity index (χ3v) is 9.53. The molecule has 1 unspecified atom stereocenters. The van der Waals surface area contributed by atoms with Gasteiger partial charge in [0.1, 0.15) is 30.0 Å². The van der Waals surface area contributed by atoms with Crippen molar-refractivity contribution in [2.45, 2.75) is 58.9 Å². The molecule has 0 saturated carbocycles. The fourth-order valence-corrected chi connectivity index (χ4v) is 6.18. The predicted molar refractivity (Wildman–Crippen MR) is 178 cm³/mol. The second-order valence-corrected chi connectivity index (χ2v) is 18.1. The number of aromatic nitrogens is 8. The number of benzene rings is 1. The van der Waals surface area contributed by atoms with Gasteiger partial charge in [-0.2, -0.15) is 10.2 Å². The molecule has 0 aliphatic rings. The van der Waals surface area contributed by atoms with Gasteiger partial charge >= 0.3 is 0 Å². The Morgan fingerprint density at radius 1 is 1.09 bits per heavy atom. The van der Waals surface area contributed by atoms with Gasteiger partial charge in [-0.3, -0.25) is 14.0 Å². The molecule has 0 bridgehead atoms. The van der Waals surface area contributed by atoms with Crippen LogP contribution in [0.3, 0.4) is 0 Å². The van der Waals surface area contributed by atoms with E-state index in [1.54, 1.807) is 20.0 Å². The Kier molecular flexibility index (Phi) is 8.40. The summed E-state index contributed by atoms with van der Waals surface area (Å²) in [6, 6.07) is 12.1. The van der Waals surface area contributed by atoms with Crippen LogP contribution in [0.1, 0.15) is 24.4 Å². The number of nitrogens with one attached hydrogen (secondary N) is 1. The van der Waals surface area contributed by atoms with Crippen molar-refractivity contribution in [3.63, 3.8) is 0 Å². The van der Waals surface area contributed by atoms with Crippen molar-refractivity contribution in [2.24, 2.45) is 0 Å². The number of para-hydroxylation sites is 1. The molecule has 12 nitrogen and oxygen atoms in total. The third-order valence-electron chi connectivity index (χ3n) is 7.82. The molecule has 13 heteroatoms. The van der Waals surface area contributed by atoms with Crippen LogP contribution in [0, 0.1) is 6.92 Å². The summed E-state index contributed by atoms with van der Waals surface area (Å²) in [6.45, 7) is 12.3. The summed E-state index contributed by atoms with van der Waals surface area (Å²) in [4.78, 5) is 23.2. The second kappa shape index (κ2) is 12.4. The van der Waals surface area contributed by atoms with E-state index in [2.05, 4.69) is 40.0 Å². The predicted octanol–water partition coefficient (Wildman–Crippen LogP) is 4.88. The number of ether oxygens (including phenoxy) is 1. The van der Waals surface area contributed by atoms with E-state index in [0.29, 0.717) is 42.7 Å². The molecule has 5 heterocycles. The number of nitrogens with zero attached hydrogens (tertiary/aromatic N) is 8. The molecule has 234 valence electrons. The number of hydrogen-bond donors (Lipinski definition) is 2. The molecule has 6 rings (SSSR count). The van der Waals surface area contributed by atoms with Gasteiger partial charge < -0.3 is 19.7 Å². The van der Waals surface area contributed by atoms with Crippen LogP contribution in [0.25, 0.3) is 33.4 Å². The van der Waals surface area contributed by atoms with Crippen LogP contribution in [-0.2, 0) is 18.0 Å². The number of hydrogen-bond acceptors (Lipinski definition) is 8. The van der Waals surface area contributed by atoms with Gasteiger partial charge in [0.2, 0.25) is 0 Å². The highest BCUT2D eigenvalue weighted by Gasteiger charge is 2.23. The minimum absolute atomic E-state index is 0.0113. The van der Waals surface area contributed by atoms with E-state index in [1.165, 1.54) is 6.33 Å². The Morgan fingerprint density at radius 2 is 1.89 bits per heavy atom. The topological polar surface area (TPSA) is 129 Å². The minimum Gasteiger partial charge on any atom is -0.394 e. The Morgan fingerprint density at radius 3 is 2.64 bits per heavy atom. The maximum atomic E-state index is 13.9. The van der Waals surface area contributed by atoms with Crippen molar-refractivity contribution in [1.29, 1.82) is 0 Å². The van der Waals surface area contributed by atoms with Crippen molar-refractivity contribution in [3.05, 3.63) is 89.3 Å². The van der Waals surface area contributed by atoms with Gasteiger partial charge in [-0.15, -0.1) is 0 Å². The summed E-state index contributed by atoms with van der Waals surface area (Å²) < 4.78 is 13.1. The zero-order valence-electron chi connectivity index (χ0n) is 26.3. The normalized spacial score (nSPS) is 12.8. The van der Waals surface area contributed by atoms with Gasteiger partial charge in [0.15, 0.2) is 5.82 Å². The molecule has 0 spiro atoms. The minimum atomic E-state index is -1.24. The Balaban J connectivity index is 1.43. The zero-order valence-corrected chi connectivity index (χ0v) is 27.3. The van der Waals surface area contributed by atoms with E-state index >= 15 is 0 Å². The van der Waals surface area contributed by atoms with E-state index in [4.69, 9.17) is 9.84 Å². The van der Waals surface area contributed by atoms with E-state index < -0.39 is 14.1 Å². The largest absolute Gasteiger partial charge is 0.394 e. The molecule has 45 heavy (non-hydrogen) atoms. The lowest BCUT2D eigenvalue weighted by atomic mass is 10.1. The SMILES string of the molecule is Cc1ccn2nc(C(C)Nc3ncnc4c3c(-c3cnn(CCO)c3)cn4COCC[Si](C)(C)C)n(-c3ccccc3)c(=O)c12. The van der Waals surface area contributed by atoms with E-state index in [1.807, 2.05) is 73.4 Å². The quantitative estimate of drug-likeness (QED) is 0.145. The Bertz CT molecular complexity index is 2000. The monoisotopic (exact) mass is 625 g/mol. The van der Waals surface area contributed by atoms with Gasteiger partial charge in [-0.05, 0) is 43.7 Å². The van der Waals surface area contributed by atoms with Crippen LogP contribution in [0.2, 0.25) is 25.7 Å². The second-order valence-electron chi connectivity index (χ2n) is 12.5. The molecule has 1 atom stereocenters. The van der Waals surface area contributed by atoms with Crippen molar-refractivity contribution in [2.75, 3.05) is 18.5 Å². The number of rotatable bonds is 12. The van der Waals surface area contributed by atoms with Gasteiger partial charge in [-0.25, -0.2) is 14.5 Å². The lowest BCUT2D eigenvalue weighted by molar-refractivity contribution is 0.0899. The number of aryl methyl sites for hydroxylation is 1. The number of aliphatic hydroxyl groups excluding tert-OH is 1. The third kappa shape index (κ3) is 6.19. The first-order chi connectivity index (χ1) is 21.6. The van der Waals surface area contributed by atoms with Gasteiger partial charge in [0.25, 0.3) is 5.56 Å². The Labute approximate surface area is 262 Å². The average Bonchev–Trinajstić information content (AvgIpc) is 3.73. The van der Waals surface area contributed by atoms with Crippen molar-refractivity contribution in [3.8, 4) is 16.8 Å². The highest BCUT2D eigenvalue weighted by molar-refractivity contribution is 6.76. The first-order valence-electron chi connectivity index (χ1n) is 15.1. The van der Waals surface area contributed by atoms with Gasteiger partial charge in [0, 0.05) is 44.4 Å². The summed E-state index contributed by atoms with van der Waals surface area (Å²) in [5, 5.41) is 23.1. The number of fused-ring (bicyclic) bond motifs is 2. The molecule has 1 aromatic carbocycles. The molecule has 0 amide bonds. The van der Waals surface area contributed by atoms with Crippen molar-refractivity contribution in [1.82, 2.24) is 38.5 Å². The standard InChI is InChI=1S/C32H39N9O3Si/c1-22-11-12-40-28(22)32(43)41(25-9-7-6-8-10-25)30(37-40)23(2)36-29-27-26(24-17-35-39(18-24)13-14-42)19-38(31(27)34-20-33-29)21-44-15-16-45(3,4)5/h6-12,17-20,23,42H,13-16,21H2,1-5H3,(H,33,34,36). The first-order valence-corrected chi connectivity index (χ1v) is 18.8. The maximum absolute atomic E-state index is 13.9. The molecule has 5 aromatic heterocycles.